The number of hydrazine groups is 1. The summed E-state index contributed by atoms with van der Waals surface area (Å²) in [5.74, 6) is 8.23. The van der Waals surface area contributed by atoms with Crippen LogP contribution < -0.4 is 26.1 Å². The summed E-state index contributed by atoms with van der Waals surface area (Å²) in [5, 5.41) is 15.0. The second-order valence-corrected chi connectivity index (χ2v) is 7.35. The van der Waals surface area contributed by atoms with E-state index in [0.717, 1.165) is 41.8 Å². The topological polar surface area (TPSA) is 117 Å². The average Bonchev–Trinajstić information content (AvgIpc) is 3.25. The highest BCUT2D eigenvalue weighted by Gasteiger charge is 2.25. The molecule has 0 saturated carbocycles. The summed E-state index contributed by atoms with van der Waals surface area (Å²) in [5.41, 5.74) is 2.11. The number of aliphatic imine (C=N–C) groups is 1. The number of fused-ring (bicyclic) bond motifs is 1. The molecule has 9 heteroatoms. The van der Waals surface area contributed by atoms with Gasteiger partial charge >= 0.3 is 5.82 Å². The minimum absolute atomic E-state index is 0.0288. The van der Waals surface area contributed by atoms with E-state index in [1.807, 2.05) is 18.3 Å². The van der Waals surface area contributed by atoms with E-state index in [1.54, 1.807) is 19.5 Å². The Bertz CT molecular complexity index is 1040. The van der Waals surface area contributed by atoms with E-state index in [9.17, 15) is 0 Å². The monoisotopic (exact) mass is 407 g/mol. The summed E-state index contributed by atoms with van der Waals surface area (Å²) < 4.78 is 0. The van der Waals surface area contributed by atoms with Crippen molar-refractivity contribution in [3.8, 4) is 0 Å². The Morgan fingerprint density at radius 1 is 1.43 bits per heavy atom. The highest BCUT2D eigenvalue weighted by Crippen LogP contribution is 2.24. The molecule has 1 aliphatic heterocycles. The zero-order chi connectivity index (χ0) is 20.9. The molecule has 0 bridgehead atoms. The van der Waals surface area contributed by atoms with Crippen LogP contribution in [-0.4, -0.2) is 54.1 Å². The maximum absolute atomic E-state index is 8.93. The molecule has 1 aromatic carbocycles. The molecule has 3 heterocycles. The van der Waals surface area contributed by atoms with Gasteiger partial charge in [0.2, 0.25) is 5.82 Å². The highest BCUT2D eigenvalue weighted by molar-refractivity contribution is 5.79. The average molecular weight is 408 g/mol. The summed E-state index contributed by atoms with van der Waals surface area (Å²) >= 11 is 0. The summed E-state index contributed by atoms with van der Waals surface area (Å²) in [6.07, 6.45) is 6.16. The van der Waals surface area contributed by atoms with Crippen molar-refractivity contribution in [2.45, 2.75) is 19.0 Å². The number of nitrogens with zero attached hydrogens (tertiary/aromatic N) is 5. The molecule has 5 N–H and O–H groups in total. The second-order valence-electron chi connectivity index (χ2n) is 7.35. The van der Waals surface area contributed by atoms with Crippen molar-refractivity contribution in [3.63, 3.8) is 0 Å². The van der Waals surface area contributed by atoms with Crippen LogP contribution >= 0.6 is 0 Å². The first-order valence-corrected chi connectivity index (χ1v) is 10.00. The van der Waals surface area contributed by atoms with Crippen LogP contribution in [0.4, 0.5) is 17.5 Å². The number of aromatic amines is 1. The van der Waals surface area contributed by atoms with E-state index in [1.165, 1.54) is 5.01 Å². The number of aliphatic hydroxyl groups is 1. The number of nitrogens with two attached hydrogens (primary N) is 1. The van der Waals surface area contributed by atoms with Gasteiger partial charge in [-0.2, -0.15) is 10.9 Å². The molecule has 30 heavy (non-hydrogen) atoms. The van der Waals surface area contributed by atoms with Crippen LogP contribution in [0, 0.1) is 0 Å². The van der Waals surface area contributed by atoms with Crippen molar-refractivity contribution in [1.82, 2.24) is 9.97 Å². The van der Waals surface area contributed by atoms with E-state index in [2.05, 4.69) is 43.4 Å². The molecule has 0 spiro atoms. The fourth-order valence-electron chi connectivity index (χ4n) is 3.64. The van der Waals surface area contributed by atoms with Crippen LogP contribution in [0.5, 0.6) is 0 Å². The van der Waals surface area contributed by atoms with Gasteiger partial charge in [0.1, 0.15) is 6.20 Å². The molecule has 1 atom stereocenters. The fourth-order valence-corrected chi connectivity index (χ4v) is 3.64. The van der Waals surface area contributed by atoms with Crippen LogP contribution in [-0.2, 0) is 6.54 Å². The van der Waals surface area contributed by atoms with Gasteiger partial charge in [-0.1, -0.05) is 12.1 Å². The molecule has 0 aliphatic carbocycles. The maximum atomic E-state index is 8.93. The van der Waals surface area contributed by atoms with Crippen molar-refractivity contribution >= 4 is 34.6 Å². The lowest BCUT2D eigenvalue weighted by molar-refractivity contribution is -0.363. The van der Waals surface area contributed by atoms with Gasteiger partial charge in [-0.05, 0) is 30.2 Å². The largest absolute Gasteiger partial charge is 0.391 e. The van der Waals surface area contributed by atoms with Crippen molar-refractivity contribution in [2.24, 2.45) is 10.8 Å². The van der Waals surface area contributed by atoms with Crippen LogP contribution in [0.3, 0.4) is 0 Å². The predicted molar refractivity (Wildman–Crippen MR) is 119 cm³/mol. The summed E-state index contributed by atoms with van der Waals surface area (Å²) in [6.45, 7) is 2.22. The van der Waals surface area contributed by atoms with Crippen LogP contribution in [0.1, 0.15) is 12.0 Å². The Morgan fingerprint density at radius 3 is 3.17 bits per heavy atom. The predicted octanol–water partition coefficient (Wildman–Crippen LogP) is 1.01. The zero-order valence-electron chi connectivity index (χ0n) is 17.0. The molecule has 0 radical (unpaired) electrons. The molecule has 2 aromatic heterocycles. The minimum Gasteiger partial charge on any atom is -0.391 e. The summed E-state index contributed by atoms with van der Waals surface area (Å²) in [4.78, 5) is 19.0. The molecule has 1 fully saturated rings. The van der Waals surface area contributed by atoms with Gasteiger partial charge in [-0.15, -0.1) is 0 Å². The van der Waals surface area contributed by atoms with E-state index < -0.39 is 0 Å². The number of aromatic nitrogens is 3. The van der Waals surface area contributed by atoms with Crippen molar-refractivity contribution < 1.29 is 10.1 Å². The molecular formula is C21H27N8O+. The lowest BCUT2D eigenvalue weighted by Gasteiger charge is -2.18. The fraction of sp³-hybridized carbons (Fsp3) is 0.333. The van der Waals surface area contributed by atoms with Crippen molar-refractivity contribution in [2.75, 3.05) is 42.0 Å². The lowest BCUT2D eigenvalue weighted by Crippen LogP contribution is -2.34. The molecule has 4 rings (SSSR count). The third-order valence-electron chi connectivity index (χ3n) is 5.15. The molecule has 1 unspecified atom stereocenters. The minimum atomic E-state index is -0.0288. The standard InChI is InChI=1S/C21H26N8O/c1-28(22)21-20(25-12-15-4-5-18-16(11-15)3-2-7-24-18)27-19(13-26-21)29-9-6-17(14-29)23-8-10-30/h2-5,7-8,11,13,17,30H,6,9-10,12,14,22H2,1H3,(H,25,27)/p+1. The number of benzene rings is 1. The maximum Gasteiger partial charge on any atom is 0.335 e. The van der Waals surface area contributed by atoms with Gasteiger partial charge in [0.25, 0.3) is 0 Å². The van der Waals surface area contributed by atoms with Crippen LogP contribution in [0.25, 0.3) is 10.9 Å². The molecule has 1 saturated heterocycles. The third kappa shape index (κ3) is 4.47. The molecule has 156 valence electrons. The van der Waals surface area contributed by atoms with Gasteiger partial charge in [-0.3, -0.25) is 9.98 Å². The smallest absolute Gasteiger partial charge is 0.335 e. The number of nitrogens with one attached hydrogen (secondary N) is 2. The molecule has 3 aromatic rings. The molecule has 0 amide bonds. The van der Waals surface area contributed by atoms with E-state index in [4.69, 9.17) is 15.9 Å². The first kappa shape index (κ1) is 20.0. The summed E-state index contributed by atoms with van der Waals surface area (Å²) in [6, 6.07) is 10.4. The Morgan fingerprint density at radius 2 is 2.33 bits per heavy atom. The summed E-state index contributed by atoms with van der Waals surface area (Å²) in [7, 11) is 1.77. The normalized spacial score (nSPS) is 16.5. The van der Waals surface area contributed by atoms with Crippen molar-refractivity contribution in [3.05, 3.63) is 48.3 Å². The van der Waals surface area contributed by atoms with Crippen LogP contribution in [0.15, 0.2) is 47.7 Å². The van der Waals surface area contributed by atoms with Gasteiger partial charge in [-0.25, -0.2) is 9.97 Å². The van der Waals surface area contributed by atoms with Gasteiger partial charge in [0, 0.05) is 37.4 Å². The first-order valence-electron chi connectivity index (χ1n) is 10.00. The number of pyridine rings is 1. The Balaban J connectivity index is 1.52. The first-order chi connectivity index (χ1) is 14.6. The quantitative estimate of drug-likeness (QED) is 0.304. The highest BCUT2D eigenvalue weighted by atomic mass is 16.3. The molecule has 9 nitrogen and oxygen atoms in total. The SMILES string of the molecule is CN(N)c1[nH+]cc(N2CCC(N=CCO)C2)nc1NCc1ccc2ncccc2c1. The number of rotatable bonds is 7. The van der Waals surface area contributed by atoms with Gasteiger partial charge in [0.05, 0.1) is 25.2 Å². The Hall–Kier alpha value is -3.30. The third-order valence-corrected chi connectivity index (χ3v) is 5.15. The number of H-pyrrole nitrogens is 1. The number of anilines is 3. The van der Waals surface area contributed by atoms with Crippen LogP contribution in [0.2, 0.25) is 0 Å². The molecular weight excluding hydrogens is 380 g/mol. The molecule has 1 aliphatic rings. The Kier molecular flexibility index (Phi) is 6.01. The zero-order valence-corrected chi connectivity index (χ0v) is 17.0. The van der Waals surface area contributed by atoms with E-state index in [-0.39, 0.29) is 12.6 Å². The Labute approximate surface area is 175 Å². The lowest BCUT2D eigenvalue weighted by atomic mass is 10.1. The van der Waals surface area contributed by atoms with E-state index >= 15 is 0 Å². The number of aliphatic hydroxyl groups excluding tert-OH is 1. The van der Waals surface area contributed by atoms with Crippen molar-refractivity contribution in [1.29, 1.82) is 0 Å². The van der Waals surface area contributed by atoms with Gasteiger partial charge < -0.3 is 15.3 Å². The number of hydrogen-bond donors (Lipinski definition) is 3. The number of hydrogen-bond acceptors (Lipinski definition) is 8. The van der Waals surface area contributed by atoms with Gasteiger partial charge in [0.15, 0.2) is 5.82 Å². The second kappa shape index (κ2) is 9.02. The van der Waals surface area contributed by atoms with E-state index in [0.29, 0.717) is 18.2 Å².